The zero-order valence-corrected chi connectivity index (χ0v) is 13.3. The highest BCUT2D eigenvalue weighted by Gasteiger charge is 2.22. The first-order valence-electron chi connectivity index (χ1n) is 6.18. The van der Waals surface area contributed by atoms with Gasteiger partial charge < -0.3 is 9.47 Å². The molecule has 0 radical (unpaired) electrons. The molecule has 1 aromatic heterocycles. The van der Waals surface area contributed by atoms with Crippen molar-refractivity contribution < 1.29 is 22.7 Å². The number of rotatable bonds is 4. The third kappa shape index (κ3) is 3.94. The second kappa shape index (κ2) is 6.43. The van der Waals surface area contributed by atoms with Crippen molar-refractivity contribution in [1.82, 2.24) is 0 Å². The quantitative estimate of drug-likeness (QED) is 0.623. The molecule has 8 heteroatoms. The van der Waals surface area contributed by atoms with E-state index in [4.69, 9.17) is 20.2 Å². The number of carbonyl (C=O) groups excluding carboxylic acids is 1. The molecule has 1 aromatic rings. The van der Waals surface area contributed by atoms with Crippen LogP contribution in [0.3, 0.4) is 0 Å². The fourth-order valence-corrected chi connectivity index (χ4v) is 4.54. The van der Waals surface area contributed by atoms with Crippen LogP contribution in [-0.2, 0) is 18.5 Å². The van der Waals surface area contributed by atoms with Crippen LogP contribution in [0.25, 0.3) is 0 Å². The van der Waals surface area contributed by atoms with Gasteiger partial charge in [-0.3, -0.25) is 0 Å². The Bertz CT molecular complexity index is 587. The number of thiophene rings is 1. The Balaban J connectivity index is 1.99. The van der Waals surface area contributed by atoms with Crippen molar-refractivity contribution in [3.05, 3.63) is 15.8 Å². The molecule has 1 saturated heterocycles. The van der Waals surface area contributed by atoms with Gasteiger partial charge in [-0.1, -0.05) is 0 Å². The highest BCUT2D eigenvalue weighted by atomic mass is 35.7. The largest absolute Gasteiger partial charge is 0.461 e. The standard InChI is InChI=1S/C12H15ClO5S2/c1-8-11(20(13,15)16)6-10(19-8)12(14)18-7-9-2-4-17-5-3-9/h6,9H,2-5,7H2,1H3. The van der Waals surface area contributed by atoms with Crippen molar-refractivity contribution in [2.24, 2.45) is 5.92 Å². The van der Waals surface area contributed by atoms with E-state index >= 15 is 0 Å². The first kappa shape index (κ1) is 15.8. The van der Waals surface area contributed by atoms with Crippen molar-refractivity contribution >= 4 is 37.0 Å². The molecule has 0 aliphatic carbocycles. The molecule has 1 fully saturated rings. The fraction of sp³-hybridized carbons (Fsp3) is 0.583. The average molecular weight is 339 g/mol. The smallest absolute Gasteiger partial charge is 0.348 e. The minimum atomic E-state index is -3.82. The van der Waals surface area contributed by atoms with E-state index < -0.39 is 15.0 Å². The number of hydrogen-bond acceptors (Lipinski definition) is 6. The molecule has 2 heterocycles. The molecule has 5 nitrogen and oxygen atoms in total. The van der Waals surface area contributed by atoms with Crippen LogP contribution in [0.2, 0.25) is 0 Å². The van der Waals surface area contributed by atoms with Gasteiger partial charge in [0.1, 0.15) is 4.88 Å². The third-order valence-corrected chi connectivity index (χ3v) is 5.73. The van der Waals surface area contributed by atoms with Crippen LogP contribution < -0.4 is 0 Å². The minimum Gasteiger partial charge on any atom is -0.461 e. The van der Waals surface area contributed by atoms with Gasteiger partial charge in [0.2, 0.25) is 0 Å². The van der Waals surface area contributed by atoms with Gasteiger partial charge in [0, 0.05) is 28.8 Å². The van der Waals surface area contributed by atoms with E-state index in [0.717, 1.165) is 24.2 Å². The Morgan fingerprint density at radius 2 is 2.15 bits per heavy atom. The van der Waals surface area contributed by atoms with Gasteiger partial charge in [0.15, 0.2) is 0 Å². The van der Waals surface area contributed by atoms with Crippen molar-refractivity contribution in [2.45, 2.75) is 24.7 Å². The monoisotopic (exact) mass is 338 g/mol. The van der Waals surface area contributed by atoms with E-state index in [-0.39, 0.29) is 9.77 Å². The molecule has 0 unspecified atom stereocenters. The molecule has 0 saturated carbocycles. The summed E-state index contributed by atoms with van der Waals surface area (Å²) in [4.78, 5) is 12.6. The fourth-order valence-electron chi connectivity index (χ4n) is 1.99. The highest BCUT2D eigenvalue weighted by Crippen LogP contribution is 2.29. The number of carbonyl (C=O) groups is 1. The number of hydrogen-bond donors (Lipinski definition) is 0. The maximum absolute atomic E-state index is 11.9. The van der Waals surface area contributed by atoms with Gasteiger partial charge in [-0.15, -0.1) is 11.3 Å². The maximum atomic E-state index is 11.9. The molecule has 0 bridgehead atoms. The summed E-state index contributed by atoms with van der Waals surface area (Å²) in [6.45, 7) is 3.32. The van der Waals surface area contributed by atoms with E-state index in [1.807, 2.05) is 0 Å². The van der Waals surface area contributed by atoms with Crippen LogP contribution in [0.4, 0.5) is 0 Å². The predicted octanol–water partition coefficient (Wildman–Crippen LogP) is 2.57. The number of ether oxygens (including phenoxy) is 2. The lowest BCUT2D eigenvalue weighted by Crippen LogP contribution is -2.21. The Morgan fingerprint density at radius 1 is 1.50 bits per heavy atom. The zero-order valence-electron chi connectivity index (χ0n) is 10.9. The summed E-state index contributed by atoms with van der Waals surface area (Å²) in [6.07, 6.45) is 1.75. The van der Waals surface area contributed by atoms with Crippen LogP contribution in [0.1, 0.15) is 27.4 Å². The van der Waals surface area contributed by atoms with Gasteiger partial charge in [0.05, 0.1) is 11.5 Å². The second-order valence-electron chi connectivity index (χ2n) is 4.62. The molecule has 0 amide bonds. The van der Waals surface area contributed by atoms with Crippen molar-refractivity contribution in [3.63, 3.8) is 0 Å². The Labute approximate surface area is 126 Å². The normalized spacial score (nSPS) is 17.1. The Morgan fingerprint density at radius 3 is 2.70 bits per heavy atom. The van der Waals surface area contributed by atoms with Crippen LogP contribution in [0.5, 0.6) is 0 Å². The first-order valence-corrected chi connectivity index (χ1v) is 9.30. The minimum absolute atomic E-state index is 0.0258. The summed E-state index contributed by atoms with van der Waals surface area (Å²) in [5, 5.41) is 0. The van der Waals surface area contributed by atoms with E-state index in [9.17, 15) is 13.2 Å². The Kier molecular flexibility index (Phi) is 5.06. The van der Waals surface area contributed by atoms with Gasteiger partial charge in [-0.2, -0.15) is 0 Å². The summed E-state index contributed by atoms with van der Waals surface area (Å²) < 4.78 is 33.1. The topological polar surface area (TPSA) is 69.7 Å². The van der Waals surface area contributed by atoms with Crippen LogP contribution in [-0.4, -0.2) is 34.2 Å². The SMILES string of the molecule is Cc1sc(C(=O)OCC2CCOCC2)cc1S(=O)(=O)Cl. The molecule has 1 aliphatic rings. The van der Waals surface area contributed by atoms with Crippen molar-refractivity contribution in [3.8, 4) is 0 Å². The lowest BCUT2D eigenvalue weighted by Gasteiger charge is -2.21. The van der Waals surface area contributed by atoms with E-state index in [1.165, 1.54) is 6.07 Å². The lowest BCUT2D eigenvalue weighted by molar-refractivity contribution is 0.0189. The maximum Gasteiger partial charge on any atom is 0.348 e. The lowest BCUT2D eigenvalue weighted by atomic mass is 10.0. The number of esters is 1. The highest BCUT2D eigenvalue weighted by molar-refractivity contribution is 8.13. The Hall–Kier alpha value is -0.630. The average Bonchev–Trinajstić information content (AvgIpc) is 2.79. The summed E-state index contributed by atoms with van der Waals surface area (Å²) in [5.74, 6) is -0.193. The van der Waals surface area contributed by atoms with Crippen LogP contribution in [0.15, 0.2) is 11.0 Å². The summed E-state index contributed by atoms with van der Waals surface area (Å²) >= 11 is 1.07. The zero-order chi connectivity index (χ0) is 14.8. The molecule has 0 spiro atoms. The number of aryl methyl sites for hydroxylation is 1. The molecular weight excluding hydrogens is 324 g/mol. The molecule has 20 heavy (non-hydrogen) atoms. The first-order chi connectivity index (χ1) is 9.38. The van der Waals surface area contributed by atoms with Crippen LogP contribution in [0, 0.1) is 12.8 Å². The molecule has 0 N–H and O–H groups in total. The molecule has 0 aromatic carbocycles. The summed E-state index contributed by atoms with van der Waals surface area (Å²) in [6, 6.07) is 1.27. The predicted molar refractivity (Wildman–Crippen MR) is 75.9 cm³/mol. The number of halogens is 1. The van der Waals surface area contributed by atoms with Gasteiger partial charge >= 0.3 is 5.97 Å². The molecular formula is C12H15ClO5S2. The van der Waals surface area contributed by atoms with Gasteiger partial charge in [-0.25, -0.2) is 13.2 Å². The van der Waals surface area contributed by atoms with E-state index in [1.54, 1.807) is 6.92 Å². The third-order valence-electron chi connectivity index (χ3n) is 3.13. The van der Waals surface area contributed by atoms with Crippen molar-refractivity contribution in [1.29, 1.82) is 0 Å². The molecule has 0 atom stereocenters. The van der Waals surface area contributed by atoms with Gasteiger partial charge in [-0.05, 0) is 31.7 Å². The molecule has 2 rings (SSSR count). The molecule has 1 aliphatic heterocycles. The van der Waals surface area contributed by atoms with Crippen LogP contribution >= 0.6 is 22.0 Å². The molecule has 112 valence electrons. The van der Waals surface area contributed by atoms with Gasteiger partial charge in [0.25, 0.3) is 9.05 Å². The summed E-state index contributed by atoms with van der Waals surface area (Å²) in [5.41, 5.74) is 0. The van der Waals surface area contributed by atoms with E-state index in [0.29, 0.717) is 30.6 Å². The van der Waals surface area contributed by atoms with E-state index in [2.05, 4.69) is 0 Å². The second-order valence-corrected chi connectivity index (χ2v) is 8.41. The summed E-state index contributed by atoms with van der Waals surface area (Å²) in [7, 11) is 1.47. The van der Waals surface area contributed by atoms with Crippen molar-refractivity contribution in [2.75, 3.05) is 19.8 Å².